The fraction of sp³-hybridized carbons (Fsp3) is 0.579. The number of likely N-dealkylation sites (N-methyl/N-ethyl adjacent to an activating group) is 1. The molecular formula is C19H22Cl2N4O. The van der Waals surface area contributed by atoms with Gasteiger partial charge in [-0.25, -0.2) is 0 Å². The number of hydrogen-bond donors (Lipinski definition) is 1. The zero-order chi connectivity index (χ0) is 18.6. The first-order chi connectivity index (χ1) is 12.4. The monoisotopic (exact) mass is 392 g/mol. The molecule has 3 aliphatic rings. The number of piperidine rings is 2. The Morgan fingerprint density at radius 1 is 1.35 bits per heavy atom. The number of halogens is 2. The van der Waals surface area contributed by atoms with E-state index in [4.69, 9.17) is 23.2 Å². The van der Waals surface area contributed by atoms with Crippen molar-refractivity contribution in [1.29, 1.82) is 5.26 Å². The first-order valence-electron chi connectivity index (χ1n) is 9.08. The van der Waals surface area contributed by atoms with Crippen LogP contribution >= 0.6 is 23.2 Å². The molecule has 0 radical (unpaired) electrons. The maximum Gasteiger partial charge on any atom is 0.243 e. The molecule has 3 atom stereocenters. The van der Waals surface area contributed by atoms with E-state index in [-0.39, 0.29) is 17.7 Å². The summed E-state index contributed by atoms with van der Waals surface area (Å²) in [5.41, 5.74) is 1.28. The molecule has 138 valence electrons. The van der Waals surface area contributed by atoms with Gasteiger partial charge in [0.2, 0.25) is 5.91 Å². The molecule has 7 heteroatoms. The highest BCUT2D eigenvalue weighted by Gasteiger charge is 2.58. The molecule has 0 aromatic heterocycles. The summed E-state index contributed by atoms with van der Waals surface area (Å²) in [5.74, 6) is -0.487. The second kappa shape index (κ2) is 6.30. The predicted octanol–water partition coefficient (Wildman–Crippen LogP) is 3.02. The van der Waals surface area contributed by atoms with E-state index in [1.165, 1.54) is 0 Å². The number of carbonyl (C=O) groups is 1. The average Bonchev–Trinajstić information content (AvgIpc) is 2.93. The number of rotatable bonds is 1. The molecule has 2 saturated heterocycles. The van der Waals surface area contributed by atoms with E-state index in [0.29, 0.717) is 10.0 Å². The Labute approximate surface area is 163 Å². The van der Waals surface area contributed by atoms with Gasteiger partial charge in [-0.05, 0) is 31.0 Å². The Hall–Kier alpha value is -1.48. The quantitative estimate of drug-likeness (QED) is 0.797. The minimum Gasteiger partial charge on any atom is -0.361 e. The Morgan fingerprint density at radius 2 is 2.04 bits per heavy atom. The largest absolute Gasteiger partial charge is 0.361 e. The molecule has 3 aliphatic heterocycles. The SMILES string of the molecule is CCN1CCC2(CC1)NC(=O)C1C(c3ccc(Cl)c(Cl)c3N1C)C2C#N. The van der Waals surface area contributed by atoms with Crippen molar-refractivity contribution in [3.63, 3.8) is 0 Å². The van der Waals surface area contributed by atoms with Crippen molar-refractivity contribution in [1.82, 2.24) is 10.2 Å². The zero-order valence-corrected chi connectivity index (χ0v) is 16.4. The highest BCUT2D eigenvalue weighted by Crippen LogP contribution is 2.54. The smallest absolute Gasteiger partial charge is 0.243 e. The van der Waals surface area contributed by atoms with Gasteiger partial charge in [-0.2, -0.15) is 5.26 Å². The van der Waals surface area contributed by atoms with Crippen LogP contribution in [0.1, 0.15) is 31.2 Å². The van der Waals surface area contributed by atoms with Crippen LogP contribution < -0.4 is 10.2 Å². The van der Waals surface area contributed by atoms with Crippen LogP contribution in [-0.2, 0) is 4.79 Å². The van der Waals surface area contributed by atoms with E-state index in [1.54, 1.807) is 6.07 Å². The molecule has 1 aromatic carbocycles. The van der Waals surface area contributed by atoms with E-state index in [1.807, 2.05) is 18.0 Å². The molecule has 26 heavy (non-hydrogen) atoms. The summed E-state index contributed by atoms with van der Waals surface area (Å²) in [6.07, 6.45) is 1.60. The van der Waals surface area contributed by atoms with Crippen molar-refractivity contribution in [2.45, 2.75) is 37.3 Å². The standard InChI is InChI=1S/C19H22Cl2N4O/c1-3-25-8-6-19(7-9-25)12(10-22)14-11-4-5-13(20)15(21)16(11)24(2)17(14)18(26)23-19/h4-5,12,14,17H,3,6-9H2,1-2H3,(H,23,26). The van der Waals surface area contributed by atoms with Crippen LogP contribution in [0.3, 0.4) is 0 Å². The van der Waals surface area contributed by atoms with Gasteiger partial charge in [-0.1, -0.05) is 36.2 Å². The lowest BCUT2D eigenvalue weighted by Crippen LogP contribution is -2.68. The number of amides is 1. The fourth-order valence-electron chi connectivity index (χ4n) is 5.08. The molecule has 0 aliphatic carbocycles. The third-order valence-electron chi connectivity index (χ3n) is 6.50. The van der Waals surface area contributed by atoms with Crippen molar-refractivity contribution in [2.75, 3.05) is 31.6 Å². The van der Waals surface area contributed by atoms with Gasteiger partial charge in [-0.15, -0.1) is 0 Å². The molecule has 0 bridgehead atoms. The molecule has 3 heterocycles. The second-order valence-electron chi connectivity index (χ2n) is 7.57. The van der Waals surface area contributed by atoms with Crippen molar-refractivity contribution < 1.29 is 4.79 Å². The number of hydrogen-bond acceptors (Lipinski definition) is 4. The molecule has 1 aromatic rings. The number of anilines is 1. The predicted molar refractivity (Wildman–Crippen MR) is 103 cm³/mol. The van der Waals surface area contributed by atoms with Gasteiger partial charge in [0.25, 0.3) is 0 Å². The number of carbonyl (C=O) groups excluding carboxylic acids is 1. The summed E-state index contributed by atoms with van der Waals surface area (Å²) in [4.78, 5) is 17.3. The summed E-state index contributed by atoms with van der Waals surface area (Å²) in [7, 11) is 1.86. The van der Waals surface area contributed by atoms with Crippen molar-refractivity contribution >= 4 is 34.8 Å². The lowest BCUT2D eigenvalue weighted by molar-refractivity contribution is -0.129. The van der Waals surface area contributed by atoms with E-state index in [9.17, 15) is 10.1 Å². The van der Waals surface area contributed by atoms with Gasteiger partial charge in [-0.3, -0.25) is 4.79 Å². The molecule has 3 unspecified atom stereocenters. The number of nitrogens with one attached hydrogen (secondary N) is 1. The first-order valence-corrected chi connectivity index (χ1v) is 9.84. The van der Waals surface area contributed by atoms with Crippen molar-refractivity contribution in [3.05, 3.63) is 27.7 Å². The summed E-state index contributed by atoms with van der Waals surface area (Å²) >= 11 is 12.7. The number of benzene rings is 1. The van der Waals surface area contributed by atoms with Gasteiger partial charge in [0.1, 0.15) is 6.04 Å². The van der Waals surface area contributed by atoms with E-state index >= 15 is 0 Å². The zero-order valence-electron chi connectivity index (χ0n) is 14.9. The number of nitriles is 1. The van der Waals surface area contributed by atoms with Crippen LogP contribution in [0.25, 0.3) is 0 Å². The van der Waals surface area contributed by atoms with Crippen LogP contribution in [-0.4, -0.2) is 49.1 Å². The van der Waals surface area contributed by atoms with Crippen LogP contribution in [0.15, 0.2) is 12.1 Å². The summed E-state index contributed by atoms with van der Waals surface area (Å²) in [6.45, 7) is 4.93. The molecule has 4 rings (SSSR count). The highest BCUT2D eigenvalue weighted by atomic mass is 35.5. The number of nitrogens with zero attached hydrogens (tertiary/aromatic N) is 3. The van der Waals surface area contributed by atoms with Gasteiger partial charge in [0.15, 0.2) is 0 Å². The van der Waals surface area contributed by atoms with Crippen molar-refractivity contribution in [3.8, 4) is 6.07 Å². The van der Waals surface area contributed by atoms with Crippen LogP contribution in [0.4, 0.5) is 5.69 Å². The maximum absolute atomic E-state index is 13.1. The molecule has 1 N–H and O–H groups in total. The minimum atomic E-state index is -0.465. The molecule has 1 amide bonds. The van der Waals surface area contributed by atoms with Crippen LogP contribution in [0, 0.1) is 17.2 Å². The van der Waals surface area contributed by atoms with Gasteiger partial charge in [0.05, 0.1) is 33.3 Å². The van der Waals surface area contributed by atoms with Crippen molar-refractivity contribution in [2.24, 2.45) is 5.92 Å². The van der Waals surface area contributed by atoms with Gasteiger partial charge >= 0.3 is 0 Å². The van der Waals surface area contributed by atoms with E-state index in [0.717, 1.165) is 43.7 Å². The summed E-state index contributed by atoms with van der Waals surface area (Å²) < 4.78 is 0. The number of likely N-dealkylation sites (tertiary alicyclic amines) is 1. The Bertz CT molecular complexity index is 797. The van der Waals surface area contributed by atoms with Gasteiger partial charge < -0.3 is 15.1 Å². The minimum absolute atomic E-state index is 0.0164. The highest BCUT2D eigenvalue weighted by molar-refractivity contribution is 6.44. The first kappa shape index (κ1) is 17.9. The van der Waals surface area contributed by atoms with Gasteiger partial charge in [0, 0.05) is 26.1 Å². The maximum atomic E-state index is 13.1. The summed E-state index contributed by atoms with van der Waals surface area (Å²) in [6, 6.07) is 5.84. The van der Waals surface area contributed by atoms with Crippen LogP contribution in [0.5, 0.6) is 0 Å². The second-order valence-corrected chi connectivity index (χ2v) is 8.35. The molecular weight excluding hydrogens is 371 g/mol. The summed E-state index contributed by atoms with van der Waals surface area (Å²) in [5, 5.41) is 14.3. The molecule has 1 spiro atoms. The molecule has 2 fully saturated rings. The lowest BCUT2D eigenvalue weighted by atomic mass is 9.65. The van der Waals surface area contributed by atoms with E-state index < -0.39 is 11.6 Å². The average molecular weight is 393 g/mol. The normalized spacial score (nSPS) is 29.9. The third-order valence-corrected chi connectivity index (χ3v) is 7.29. The molecule has 5 nitrogen and oxygen atoms in total. The molecule has 0 saturated carbocycles. The Balaban J connectivity index is 1.79. The number of fused-ring (bicyclic) bond motifs is 3. The van der Waals surface area contributed by atoms with Crippen LogP contribution in [0.2, 0.25) is 10.0 Å². The lowest BCUT2D eigenvalue weighted by Gasteiger charge is -2.51. The third kappa shape index (κ3) is 2.36. The Kier molecular flexibility index (Phi) is 4.34. The van der Waals surface area contributed by atoms with E-state index in [2.05, 4.69) is 23.2 Å². The fourth-order valence-corrected chi connectivity index (χ4v) is 5.54. The topological polar surface area (TPSA) is 59.4 Å². The Morgan fingerprint density at radius 3 is 2.65 bits per heavy atom.